The Labute approximate surface area is 142 Å². The third-order valence-electron chi connectivity index (χ3n) is 4.67. The Morgan fingerprint density at radius 2 is 1.96 bits per heavy atom. The van der Waals surface area contributed by atoms with Gasteiger partial charge in [0, 0.05) is 20.1 Å². The summed E-state index contributed by atoms with van der Waals surface area (Å²) in [6, 6.07) is 6.89. The topological polar surface area (TPSA) is 79.0 Å². The quantitative estimate of drug-likeness (QED) is 0.874. The van der Waals surface area contributed by atoms with Gasteiger partial charge in [-0.2, -0.15) is 0 Å². The van der Waals surface area contributed by atoms with E-state index in [1.807, 2.05) is 12.1 Å². The average Bonchev–Trinajstić information content (AvgIpc) is 2.81. The SMILES string of the molecule is CNS(=O)(=O)c1ccc(CN2CCC[C@@]3(C2)CN(C)C(=O)O3)cc1. The number of nitrogens with zero attached hydrogens (tertiary/aromatic N) is 2. The molecule has 0 radical (unpaired) electrons. The zero-order valence-electron chi connectivity index (χ0n) is 14.0. The number of piperidine rings is 1. The highest BCUT2D eigenvalue weighted by Gasteiger charge is 2.46. The predicted molar refractivity (Wildman–Crippen MR) is 89.0 cm³/mol. The molecule has 2 aliphatic rings. The maximum absolute atomic E-state index is 11.8. The number of hydrogen-bond acceptors (Lipinski definition) is 5. The van der Waals surface area contributed by atoms with Gasteiger partial charge < -0.3 is 9.64 Å². The summed E-state index contributed by atoms with van der Waals surface area (Å²) in [7, 11) is -0.245. The van der Waals surface area contributed by atoms with Crippen LogP contribution in [-0.4, -0.2) is 63.6 Å². The van der Waals surface area contributed by atoms with E-state index in [1.165, 1.54) is 7.05 Å². The second kappa shape index (κ2) is 6.34. The van der Waals surface area contributed by atoms with Crippen molar-refractivity contribution in [2.24, 2.45) is 0 Å². The third-order valence-corrected chi connectivity index (χ3v) is 6.10. The molecule has 2 saturated heterocycles. The summed E-state index contributed by atoms with van der Waals surface area (Å²) in [5, 5.41) is 0. The van der Waals surface area contributed by atoms with Gasteiger partial charge in [-0.25, -0.2) is 17.9 Å². The van der Waals surface area contributed by atoms with Gasteiger partial charge in [0.2, 0.25) is 10.0 Å². The van der Waals surface area contributed by atoms with Gasteiger partial charge in [-0.05, 0) is 44.1 Å². The largest absolute Gasteiger partial charge is 0.440 e. The third kappa shape index (κ3) is 3.40. The monoisotopic (exact) mass is 353 g/mol. The van der Waals surface area contributed by atoms with Crippen molar-refractivity contribution in [3.63, 3.8) is 0 Å². The molecule has 8 heteroatoms. The van der Waals surface area contributed by atoms with Crippen LogP contribution in [0.25, 0.3) is 0 Å². The minimum Gasteiger partial charge on any atom is -0.440 e. The lowest BCUT2D eigenvalue weighted by atomic mass is 9.92. The molecule has 7 nitrogen and oxygen atoms in total. The number of carbonyl (C=O) groups is 1. The Morgan fingerprint density at radius 3 is 2.54 bits per heavy atom. The van der Waals surface area contributed by atoms with E-state index in [2.05, 4.69) is 9.62 Å². The molecule has 1 spiro atoms. The lowest BCUT2D eigenvalue weighted by Crippen LogP contribution is -2.50. The highest BCUT2D eigenvalue weighted by Crippen LogP contribution is 2.32. The molecule has 1 N–H and O–H groups in total. The number of carbonyl (C=O) groups excluding carboxylic acids is 1. The van der Waals surface area contributed by atoms with E-state index in [-0.39, 0.29) is 11.0 Å². The molecule has 2 fully saturated rings. The summed E-state index contributed by atoms with van der Waals surface area (Å²) in [4.78, 5) is 15.8. The van der Waals surface area contributed by atoms with Crippen LogP contribution in [0.3, 0.4) is 0 Å². The fourth-order valence-electron chi connectivity index (χ4n) is 3.48. The zero-order valence-corrected chi connectivity index (χ0v) is 14.8. The Bertz CT molecular complexity index is 719. The summed E-state index contributed by atoms with van der Waals surface area (Å²) in [6.07, 6.45) is 1.62. The van der Waals surface area contributed by atoms with Crippen LogP contribution in [0.2, 0.25) is 0 Å². The molecular formula is C16H23N3O4S. The van der Waals surface area contributed by atoms with E-state index >= 15 is 0 Å². The molecule has 0 aromatic heterocycles. The number of hydrogen-bond donors (Lipinski definition) is 1. The Morgan fingerprint density at radius 1 is 1.25 bits per heavy atom. The average molecular weight is 353 g/mol. The van der Waals surface area contributed by atoms with Crippen LogP contribution in [-0.2, 0) is 21.3 Å². The van der Waals surface area contributed by atoms with Crippen molar-refractivity contribution < 1.29 is 17.9 Å². The van der Waals surface area contributed by atoms with Crippen LogP contribution >= 0.6 is 0 Å². The summed E-state index contributed by atoms with van der Waals surface area (Å²) >= 11 is 0. The predicted octanol–water partition coefficient (Wildman–Crippen LogP) is 1.01. The first kappa shape index (κ1) is 17.2. The number of ether oxygens (including phenoxy) is 1. The van der Waals surface area contributed by atoms with Crippen molar-refractivity contribution in [3.8, 4) is 0 Å². The molecule has 24 heavy (non-hydrogen) atoms. The zero-order chi connectivity index (χ0) is 17.4. The fraction of sp³-hybridized carbons (Fsp3) is 0.562. The molecule has 1 aromatic rings. The second-order valence-corrected chi connectivity index (χ2v) is 8.46. The lowest BCUT2D eigenvalue weighted by Gasteiger charge is -2.38. The first-order valence-electron chi connectivity index (χ1n) is 8.03. The molecule has 2 aliphatic heterocycles. The standard InChI is InChI=1S/C16H23N3O4S/c1-17-24(21,22)14-6-4-13(5-7-14)10-19-9-3-8-16(12-19)11-18(2)15(20)23-16/h4-7,17H,3,8-12H2,1-2H3/t16-/m0/s1. The molecule has 0 saturated carbocycles. The minimum absolute atomic E-state index is 0.251. The van der Waals surface area contributed by atoms with Gasteiger partial charge in [-0.3, -0.25) is 4.90 Å². The molecule has 3 rings (SSSR count). The van der Waals surface area contributed by atoms with Gasteiger partial charge in [-0.15, -0.1) is 0 Å². The Kier molecular flexibility index (Phi) is 4.54. The van der Waals surface area contributed by atoms with E-state index in [0.717, 1.165) is 24.9 Å². The van der Waals surface area contributed by atoms with Crippen LogP contribution < -0.4 is 4.72 Å². The summed E-state index contributed by atoms with van der Waals surface area (Å²) in [5.74, 6) is 0. The molecule has 0 bridgehead atoms. The molecule has 0 unspecified atom stereocenters. The number of amides is 1. The lowest BCUT2D eigenvalue weighted by molar-refractivity contribution is -0.0113. The normalized spacial score (nSPS) is 25.2. The van der Waals surface area contributed by atoms with Crippen LogP contribution in [0.15, 0.2) is 29.2 Å². The van der Waals surface area contributed by atoms with Crippen molar-refractivity contribution in [1.82, 2.24) is 14.5 Å². The van der Waals surface area contributed by atoms with Crippen molar-refractivity contribution in [2.75, 3.05) is 33.7 Å². The van der Waals surface area contributed by atoms with Crippen molar-refractivity contribution in [3.05, 3.63) is 29.8 Å². The van der Waals surface area contributed by atoms with Crippen LogP contribution in [0.5, 0.6) is 0 Å². The van der Waals surface area contributed by atoms with Gasteiger partial charge in [0.1, 0.15) is 5.60 Å². The molecule has 1 aromatic carbocycles. The molecule has 2 heterocycles. The first-order chi connectivity index (χ1) is 11.3. The summed E-state index contributed by atoms with van der Waals surface area (Å²) < 4.78 is 31.4. The maximum atomic E-state index is 11.8. The van der Waals surface area contributed by atoms with Crippen LogP contribution in [0.4, 0.5) is 4.79 Å². The van der Waals surface area contributed by atoms with Crippen molar-refractivity contribution in [1.29, 1.82) is 0 Å². The van der Waals surface area contributed by atoms with E-state index < -0.39 is 15.6 Å². The van der Waals surface area contributed by atoms with Crippen molar-refractivity contribution in [2.45, 2.75) is 29.9 Å². The molecule has 1 amide bonds. The van der Waals surface area contributed by atoms with Gasteiger partial charge in [0.25, 0.3) is 0 Å². The molecule has 132 valence electrons. The molecule has 0 aliphatic carbocycles. The molecular weight excluding hydrogens is 330 g/mol. The highest BCUT2D eigenvalue weighted by atomic mass is 32.2. The minimum atomic E-state index is -3.41. The van der Waals surface area contributed by atoms with E-state index in [1.54, 1.807) is 24.1 Å². The summed E-state index contributed by atoms with van der Waals surface area (Å²) in [6.45, 7) is 2.99. The van der Waals surface area contributed by atoms with Crippen LogP contribution in [0, 0.1) is 0 Å². The van der Waals surface area contributed by atoms with Crippen LogP contribution in [0.1, 0.15) is 18.4 Å². The second-order valence-electron chi connectivity index (χ2n) is 6.57. The number of nitrogens with one attached hydrogen (secondary N) is 1. The number of likely N-dealkylation sites (tertiary alicyclic amines) is 1. The number of likely N-dealkylation sites (N-methyl/N-ethyl adjacent to an activating group) is 1. The van der Waals surface area contributed by atoms with Gasteiger partial charge in [0.15, 0.2) is 0 Å². The van der Waals surface area contributed by atoms with Gasteiger partial charge >= 0.3 is 6.09 Å². The van der Waals surface area contributed by atoms with E-state index in [4.69, 9.17) is 4.74 Å². The van der Waals surface area contributed by atoms with Gasteiger partial charge in [0.05, 0.1) is 11.4 Å². The fourth-order valence-corrected chi connectivity index (χ4v) is 4.21. The number of benzene rings is 1. The first-order valence-corrected chi connectivity index (χ1v) is 9.51. The van der Waals surface area contributed by atoms with E-state index in [9.17, 15) is 13.2 Å². The maximum Gasteiger partial charge on any atom is 0.410 e. The van der Waals surface area contributed by atoms with E-state index in [0.29, 0.717) is 19.6 Å². The Hall–Kier alpha value is -1.64. The molecule has 1 atom stereocenters. The summed E-state index contributed by atoms with van der Waals surface area (Å²) in [5.41, 5.74) is 0.638. The Balaban J connectivity index is 1.67. The van der Waals surface area contributed by atoms with Crippen molar-refractivity contribution >= 4 is 16.1 Å². The number of sulfonamides is 1. The highest BCUT2D eigenvalue weighted by molar-refractivity contribution is 7.89. The number of rotatable bonds is 4. The van der Waals surface area contributed by atoms with Gasteiger partial charge in [-0.1, -0.05) is 12.1 Å². The smallest absolute Gasteiger partial charge is 0.410 e.